The largest absolute Gasteiger partial charge is 0.465 e. The quantitative estimate of drug-likeness (QED) is 0.490. The molecule has 6 nitrogen and oxygen atoms in total. The van der Waals surface area contributed by atoms with E-state index in [-0.39, 0.29) is 11.7 Å². The van der Waals surface area contributed by atoms with Crippen LogP contribution in [0.3, 0.4) is 0 Å². The van der Waals surface area contributed by atoms with Crippen molar-refractivity contribution < 1.29 is 14.3 Å². The van der Waals surface area contributed by atoms with Gasteiger partial charge in [-0.25, -0.2) is 14.8 Å². The number of methoxy groups -OCH3 is 1. The van der Waals surface area contributed by atoms with Crippen LogP contribution in [0, 0.1) is 6.92 Å². The van der Waals surface area contributed by atoms with E-state index in [1.54, 1.807) is 18.3 Å². The number of hydrogen-bond acceptors (Lipinski definition) is 7. The molecule has 2 rings (SSSR count). The number of nitrogens with zero attached hydrogens (tertiary/aromatic N) is 2. The Labute approximate surface area is 142 Å². The molecule has 0 saturated heterocycles. The van der Waals surface area contributed by atoms with Gasteiger partial charge in [0.1, 0.15) is 5.00 Å². The predicted octanol–water partition coefficient (Wildman–Crippen LogP) is 2.93. The Morgan fingerprint density at radius 1 is 1.43 bits per heavy atom. The van der Waals surface area contributed by atoms with Gasteiger partial charge in [0.2, 0.25) is 5.91 Å². The van der Waals surface area contributed by atoms with Crippen molar-refractivity contribution in [2.75, 3.05) is 18.2 Å². The molecular formula is C15H17N3O3S2. The second-order valence-corrected chi connectivity index (χ2v) is 6.70. The third-order valence-corrected chi connectivity index (χ3v) is 4.95. The Morgan fingerprint density at radius 2 is 2.22 bits per heavy atom. The van der Waals surface area contributed by atoms with Gasteiger partial charge in [0, 0.05) is 16.8 Å². The van der Waals surface area contributed by atoms with Crippen molar-refractivity contribution in [2.45, 2.75) is 25.4 Å². The van der Waals surface area contributed by atoms with Crippen LogP contribution in [0.25, 0.3) is 0 Å². The first-order chi connectivity index (χ1) is 11.0. The van der Waals surface area contributed by atoms with Gasteiger partial charge in [-0.1, -0.05) is 18.7 Å². The highest BCUT2D eigenvalue weighted by Crippen LogP contribution is 2.29. The maximum absolute atomic E-state index is 12.1. The summed E-state index contributed by atoms with van der Waals surface area (Å²) in [6.45, 7) is 3.86. The molecule has 1 N–H and O–H groups in total. The molecule has 23 heavy (non-hydrogen) atoms. The second-order valence-electron chi connectivity index (χ2n) is 4.62. The van der Waals surface area contributed by atoms with Crippen molar-refractivity contribution in [3.63, 3.8) is 0 Å². The van der Waals surface area contributed by atoms with E-state index in [9.17, 15) is 9.59 Å². The number of carbonyl (C=O) groups is 2. The monoisotopic (exact) mass is 351 g/mol. The van der Waals surface area contributed by atoms with E-state index in [0.717, 1.165) is 17.0 Å². The van der Waals surface area contributed by atoms with Gasteiger partial charge in [-0.2, -0.15) is 0 Å². The first-order valence-electron chi connectivity index (χ1n) is 6.96. The number of aryl methyl sites for hydroxylation is 2. The summed E-state index contributed by atoms with van der Waals surface area (Å²) < 4.78 is 4.75. The maximum atomic E-state index is 12.1. The number of thiophene rings is 1. The molecule has 0 radical (unpaired) electrons. The Kier molecular flexibility index (Phi) is 6.12. The molecule has 0 unspecified atom stereocenters. The molecule has 0 fully saturated rings. The predicted molar refractivity (Wildman–Crippen MR) is 91.2 cm³/mol. The van der Waals surface area contributed by atoms with Crippen molar-refractivity contribution in [3.05, 3.63) is 34.5 Å². The van der Waals surface area contributed by atoms with Crippen LogP contribution in [0.4, 0.5) is 5.00 Å². The van der Waals surface area contributed by atoms with Gasteiger partial charge in [0.05, 0.1) is 18.4 Å². The summed E-state index contributed by atoms with van der Waals surface area (Å²) in [5, 5.41) is 3.84. The van der Waals surface area contributed by atoms with Crippen molar-refractivity contribution in [1.29, 1.82) is 0 Å². The van der Waals surface area contributed by atoms with E-state index in [2.05, 4.69) is 15.3 Å². The number of ether oxygens (including phenoxy) is 1. The molecule has 2 heterocycles. The standard InChI is InChI=1S/C15H17N3O3S2/c1-4-10-7-11(14(20)21-3)13(23-10)18-12(19)8-22-15-16-6-5-9(2)17-15/h5-7H,4,8H2,1-3H3,(H,18,19). The number of aromatic nitrogens is 2. The molecule has 0 spiro atoms. The lowest BCUT2D eigenvalue weighted by Gasteiger charge is -2.05. The van der Waals surface area contributed by atoms with Crippen LogP contribution in [0.5, 0.6) is 0 Å². The fourth-order valence-electron chi connectivity index (χ4n) is 1.76. The zero-order valence-corrected chi connectivity index (χ0v) is 14.7. The summed E-state index contributed by atoms with van der Waals surface area (Å²) in [7, 11) is 1.32. The molecule has 0 atom stereocenters. The highest BCUT2D eigenvalue weighted by atomic mass is 32.2. The van der Waals surface area contributed by atoms with Gasteiger partial charge in [-0.3, -0.25) is 4.79 Å². The van der Waals surface area contributed by atoms with Gasteiger partial charge in [-0.05, 0) is 25.5 Å². The van der Waals surface area contributed by atoms with Crippen LogP contribution in [-0.4, -0.2) is 34.7 Å². The molecule has 0 saturated carbocycles. The third-order valence-electron chi connectivity index (χ3n) is 2.89. The average Bonchev–Trinajstić information content (AvgIpc) is 2.95. The summed E-state index contributed by atoms with van der Waals surface area (Å²) >= 11 is 2.63. The van der Waals surface area contributed by atoms with Gasteiger partial charge in [0.15, 0.2) is 5.16 Å². The summed E-state index contributed by atoms with van der Waals surface area (Å²) in [6, 6.07) is 3.55. The normalized spacial score (nSPS) is 10.4. The van der Waals surface area contributed by atoms with Crippen molar-refractivity contribution in [3.8, 4) is 0 Å². The molecule has 0 aliphatic carbocycles. The topological polar surface area (TPSA) is 81.2 Å². The molecule has 0 bridgehead atoms. The van der Waals surface area contributed by atoms with Gasteiger partial charge in [-0.15, -0.1) is 11.3 Å². The van der Waals surface area contributed by atoms with Gasteiger partial charge < -0.3 is 10.1 Å². The van der Waals surface area contributed by atoms with E-state index in [4.69, 9.17) is 4.74 Å². The van der Waals surface area contributed by atoms with E-state index < -0.39 is 5.97 Å². The molecular weight excluding hydrogens is 334 g/mol. The molecule has 2 aromatic rings. The first-order valence-corrected chi connectivity index (χ1v) is 8.77. The van der Waals surface area contributed by atoms with E-state index in [1.165, 1.54) is 30.2 Å². The molecule has 0 aliphatic heterocycles. The fraction of sp³-hybridized carbons (Fsp3) is 0.333. The van der Waals surface area contributed by atoms with Crippen molar-refractivity contribution in [2.24, 2.45) is 0 Å². The van der Waals surface area contributed by atoms with Gasteiger partial charge >= 0.3 is 5.97 Å². The summed E-state index contributed by atoms with van der Waals surface area (Å²) in [4.78, 5) is 33.2. The van der Waals surface area contributed by atoms with Crippen molar-refractivity contribution >= 4 is 40.0 Å². The zero-order chi connectivity index (χ0) is 16.8. The minimum atomic E-state index is -0.453. The number of amides is 1. The Morgan fingerprint density at radius 3 is 2.87 bits per heavy atom. The number of anilines is 1. The minimum absolute atomic E-state index is 0.170. The fourth-order valence-corrected chi connectivity index (χ4v) is 3.44. The number of rotatable bonds is 6. The number of esters is 1. The molecule has 1 amide bonds. The van der Waals surface area contributed by atoms with Crippen LogP contribution in [0.2, 0.25) is 0 Å². The van der Waals surface area contributed by atoms with Gasteiger partial charge in [0.25, 0.3) is 0 Å². The lowest BCUT2D eigenvalue weighted by molar-refractivity contribution is -0.113. The molecule has 2 aromatic heterocycles. The van der Waals surface area contributed by atoms with E-state index in [0.29, 0.717) is 15.7 Å². The number of thioether (sulfide) groups is 1. The number of nitrogens with one attached hydrogen (secondary N) is 1. The third kappa shape index (κ3) is 4.77. The van der Waals surface area contributed by atoms with Crippen LogP contribution < -0.4 is 5.32 Å². The van der Waals surface area contributed by atoms with Crippen molar-refractivity contribution in [1.82, 2.24) is 9.97 Å². The Bertz CT molecular complexity index is 716. The highest BCUT2D eigenvalue weighted by molar-refractivity contribution is 7.99. The zero-order valence-electron chi connectivity index (χ0n) is 13.1. The Hall–Kier alpha value is -1.93. The van der Waals surface area contributed by atoms with Crippen LogP contribution in [-0.2, 0) is 16.0 Å². The summed E-state index contributed by atoms with van der Waals surface area (Å²) in [5.41, 5.74) is 1.24. The molecule has 0 aromatic carbocycles. The second kappa shape index (κ2) is 8.07. The lowest BCUT2D eigenvalue weighted by atomic mass is 10.2. The van der Waals surface area contributed by atoms with E-state index >= 15 is 0 Å². The lowest BCUT2D eigenvalue weighted by Crippen LogP contribution is -2.15. The van der Waals surface area contributed by atoms with Crippen LogP contribution >= 0.6 is 23.1 Å². The average molecular weight is 351 g/mol. The Balaban J connectivity index is 2.02. The number of hydrogen-bond donors (Lipinski definition) is 1. The van der Waals surface area contributed by atoms with Crippen LogP contribution in [0.1, 0.15) is 27.9 Å². The van der Waals surface area contributed by atoms with E-state index in [1.807, 2.05) is 13.8 Å². The molecule has 8 heteroatoms. The highest BCUT2D eigenvalue weighted by Gasteiger charge is 2.18. The smallest absolute Gasteiger partial charge is 0.340 e. The number of carbonyl (C=O) groups excluding carboxylic acids is 2. The summed E-state index contributed by atoms with van der Waals surface area (Å²) in [5.74, 6) is -0.496. The van der Waals surface area contributed by atoms with Crippen LogP contribution in [0.15, 0.2) is 23.5 Å². The molecule has 0 aliphatic rings. The SMILES string of the molecule is CCc1cc(C(=O)OC)c(NC(=O)CSc2nccc(C)n2)s1. The first kappa shape index (κ1) is 17.4. The summed E-state index contributed by atoms with van der Waals surface area (Å²) in [6.07, 6.45) is 2.45. The minimum Gasteiger partial charge on any atom is -0.465 e. The maximum Gasteiger partial charge on any atom is 0.340 e. The molecule has 122 valence electrons.